The summed E-state index contributed by atoms with van der Waals surface area (Å²) in [5.41, 5.74) is 12.5. The number of aryl methyl sites for hydroxylation is 4. The Labute approximate surface area is 114 Å². The number of aromatic nitrogens is 2. The molecule has 0 bridgehead atoms. The molecule has 19 heavy (non-hydrogen) atoms. The van der Waals surface area contributed by atoms with Crippen molar-refractivity contribution >= 4 is 0 Å². The maximum Gasteiger partial charge on any atom is 0.124 e. The van der Waals surface area contributed by atoms with E-state index in [-0.39, 0.29) is 0 Å². The van der Waals surface area contributed by atoms with Crippen molar-refractivity contribution in [3.8, 4) is 16.9 Å². The van der Waals surface area contributed by atoms with Crippen LogP contribution in [0.1, 0.15) is 22.5 Å². The van der Waals surface area contributed by atoms with Crippen molar-refractivity contribution in [2.75, 3.05) is 7.11 Å². The highest BCUT2D eigenvalue weighted by Gasteiger charge is 2.16. The molecule has 0 saturated heterocycles. The van der Waals surface area contributed by atoms with Crippen molar-refractivity contribution in [3.05, 3.63) is 34.6 Å². The number of rotatable bonds is 3. The number of nitrogens with two attached hydrogens (primary N) is 1. The van der Waals surface area contributed by atoms with Crippen molar-refractivity contribution in [2.24, 2.45) is 12.8 Å². The van der Waals surface area contributed by atoms with E-state index >= 15 is 0 Å². The van der Waals surface area contributed by atoms with Gasteiger partial charge in [-0.2, -0.15) is 5.10 Å². The molecule has 1 heterocycles. The molecule has 4 heteroatoms. The topological polar surface area (TPSA) is 53.1 Å². The molecule has 2 N–H and O–H groups in total. The van der Waals surface area contributed by atoms with E-state index in [9.17, 15) is 0 Å². The fourth-order valence-corrected chi connectivity index (χ4v) is 2.73. The first kappa shape index (κ1) is 13.6. The lowest BCUT2D eigenvalue weighted by molar-refractivity contribution is 0.408. The SMILES string of the molecule is COc1c(C)cc(-c2c(C)nn(C)c2CN)cc1C. The monoisotopic (exact) mass is 259 g/mol. The number of hydrogen-bond donors (Lipinski definition) is 1. The molecule has 0 radical (unpaired) electrons. The Kier molecular flexibility index (Phi) is 3.62. The molecule has 2 aromatic rings. The second-order valence-corrected chi connectivity index (χ2v) is 4.88. The Morgan fingerprint density at radius 2 is 1.79 bits per heavy atom. The molecule has 0 aliphatic carbocycles. The van der Waals surface area contributed by atoms with Gasteiger partial charge in [0.05, 0.1) is 18.5 Å². The third kappa shape index (κ3) is 2.24. The van der Waals surface area contributed by atoms with Crippen molar-refractivity contribution in [3.63, 3.8) is 0 Å². The quantitative estimate of drug-likeness (QED) is 0.921. The summed E-state index contributed by atoms with van der Waals surface area (Å²) in [6, 6.07) is 4.27. The second kappa shape index (κ2) is 5.05. The molecular weight excluding hydrogens is 238 g/mol. The highest BCUT2D eigenvalue weighted by Crippen LogP contribution is 2.33. The van der Waals surface area contributed by atoms with Gasteiger partial charge >= 0.3 is 0 Å². The molecule has 2 rings (SSSR count). The molecule has 0 fully saturated rings. The van der Waals surface area contributed by atoms with Crippen LogP contribution in [0.2, 0.25) is 0 Å². The summed E-state index contributed by atoms with van der Waals surface area (Å²) in [6.45, 7) is 6.62. The fourth-order valence-electron chi connectivity index (χ4n) is 2.73. The van der Waals surface area contributed by atoms with Gasteiger partial charge in [0.1, 0.15) is 5.75 Å². The van der Waals surface area contributed by atoms with Crippen LogP contribution < -0.4 is 10.5 Å². The smallest absolute Gasteiger partial charge is 0.124 e. The Morgan fingerprint density at radius 1 is 1.21 bits per heavy atom. The minimum atomic E-state index is 0.483. The molecule has 102 valence electrons. The van der Waals surface area contributed by atoms with Gasteiger partial charge in [-0.25, -0.2) is 0 Å². The summed E-state index contributed by atoms with van der Waals surface area (Å²) in [5, 5.41) is 4.47. The van der Waals surface area contributed by atoms with E-state index < -0.39 is 0 Å². The Hall–Kier alpha value is -1.81. The van der Waals surface area contributed by atoms with E-state index in [0.29, 0.717) is 6.54 Å². The van der Waals surface area contributed by atoms with Crippen molar-refractivity contribution in [1.29, 1.82) is 0 Å². The summed E-state index contributed by atoms with van der Waals surface area (Å²) in [7, 11) is 3.64. The first-order valence-electron chi connectivity index (χ1n) is 6.37. The third-order valence-corrected chi connectivity index (χ3v) is 3.49. The van der Waals surface area contributed by atoms with Crippen molar-refractivity contribution in [1.82, 2.24) is 9.78 Å². The van der Waals surface area contributed by atoms with Gasteiger partial charge in [0.15, 0.2) is 0 Å². The summed E-state index contributed by atoms with van der Waals surface area (Å²) in [4.78, 5) is 0. The van der Waals surface area contributed by atoms with Gasteiger partial charge in [-0.05, 0) is 49.6 Å². The molecule has 0 atom stereocenters. The summed E-state index contributed by atoms with van der Waals surface area (Å²) in [5.74, 6) is 0.944. The Balaban J connectivity index is 2.66. The zero-order valence-electron chi connectivity index (χ0n) is 12.2. The second-order valence-electron chi connectivity index (χ2n) is 4.88. The van der Waals surface area contributed by atoms with Crippen LogP contribution in [0.3, 0.4) is 0 Å². The number of hydrogen-bond acceptors (Lipinski definition) is 3. The van der Waals surface area contributed by atoms with Crippen LogP contribution >= 0.6 is 0 Å². The van der Waals surface area contributed by atoms with E-state index in [4.69, 9.17) is 10.5 Å². The molecule has 0 unspecified atom stereocenters. The zero-order chi connectivity index (χ0) is 14.2. The molecule has 0 aliphatic heterocycles. The van der Waals surface area contributed by atoms with Crippen LogP contribution in [0, 0.1) is 20.8 Å². The predicted molar refractivity (Wildman–Crippen MR) is 77.3 cm³/mol. The van der Waals surface area contributed by atoms with E-state index in [1.165, 1.54) is 0 Å². The van der Waals surface area contributed by atoms with E-state index in [1.807, 2.05) is 18.7 Å². The van der Waals surface area contributed by atoms with Gasteiger partial charge in [0.25, 0.3) is 0 Å². The van der Waals surface area contributed by atoms with E-state index in [2.05, 4.69) is 31.1 Å². The average Bonchev–Trinajstić information content (AvgIpc) is 2.62. The first-order valence-corrected chi connectivity index (χ1v) is 6.37. The normalized spacial score (nSPS) is 10.8. The molecule has 0 aliphatic rings. The number of nitrogens with zero attached hydrogens (tertiary/aromatic N) is 2. The average molecular weight is 259 g/mol. The van der Waals surface area contributed by atoms with Gasteiger partial charge in [-0.3, -0.25) is 4.68 Å². The third-order valence-electron chi connectivity index (χ3n) is 3.49. The molecule has 0 spiro atoms. The Morgan fingerprint density at radius 3 is 2.26 bits per heavy atom. The molecule has 1 aromatic carbocycles. The number of benzene rings is 1. The maximum absolute atomic E-state index is 5.85. The van der Waals surface area contributed by atoms with Crippen LogP contribution in [-0.2, 0) is 13.6 Å². The summed E-state index contributed by atoms with van der Waals surface area (Å²) < 4.78 is 7.27. The van der Waals surface area contributed by atoms with E-state index in [1.54, 1.807) is 7.11 Å². The van der Waals surface area contributed by atoms with Gasteiger partial charge in [-0.15, -0.1) is 0 Å². The lowest BCUT2D eigenvalue weighted by atomic mass is 9.98. The van der Waals surface area contributed by atoms with Crippen LogP contribution in [0.4, 0.5) is 0 Å². The van der Waals surface area contributed by atoms with Gasteiger partial charge in [-0.1, -0.05) is 0 Å². The standard InChI is InChI=1S/C15H21N3O/c1-9-6-12(7-10(2)15(9)19-5)14-11(3)17-18(4)13(14)8-16/h6-7H,8,16H2,1-5H3. The predicted octanol–water partition coefficient (Wildman–Crippen LogP) is 2.48. The van der Waals surface area contributed by atoms with E-state index in [0.717, 1.165) is 39.4 Å². The van der Waals surface area contributed by atoms with Crippen molar-refractivity contribution < 1.29 is 4.74 Å². The number of methoxy groups -OCH3 is 1. The minimum absolute atomic E-state index is 0.483. The highest BCUT2D eigenvalue weighted by molar-refractivity contribution is 5.71. The fraction of sp³-hybridized carbons (Fsp3) is 0.400. The molecule has 0 amide bonds. The largest absolute Gasteiger partial charge is 0.496 e. The summed E-state index contributed by atoms with van der Waals surface area (Å²) >= 11 is 0. The highest BCUT2D eigenvalue weighted by atomic mass is 16.5. The minimum Gasteiger partial charge on any atom is -0.496 e. The molecule has 1 aromatic heterocycles. The molecular formula is C15H21N3O. The van der Waals surface area contributed by atoms with Crippen LogP contribution in [-0.4, -0.2) is 16.9 Å². The van der Waals surface area contributed by atoms with Gasteiger partial charge in [0.2, 0.25) is 0 Å². The maximum atomic E-state index is 5.85. The summed E-state index contributed by atoms with van der Waals surface area (Å²) in [6.07, 6.45) is 0. The molecule has 4 nitrogen and oxygen atoms in total. The lowest BCUT2D eigenvalue weighted by Crippen LogP contribution is -2.05. The number of ether oxygens (including phenoxy) is 1. The van der Waals surface area contributed by atoms with Crippen LogP contribution in [0.5, 0.6) is 5.75 Å². The van der Waals surface area contributed by atoms with Crippen LogP contribution in [0.25, 0.3) is 11.1 Å². The molecule has 0 saturated carbocycles. The zero-order valence-corrected chi connectivity index (χ0v) is 12.2. The van der Waals surface area contributed by atoms with Crippen LogP contribution in [0.15, 0.2) is 12.1 Å². The lowest BCUT2D eigenvalue weighted by Gasteiger charge is -2.12. The van der Waals surface area contributed by atoms with Crippen molar-refractivity contribution in [2.45, 2.75) is 27.3 Å². The Bertz CT molecular complexity index is 591. The first-order chi connectivity index (χ1) is 8.99. The van der Waals surface area contributed by atoms with Gasteiger partial charge < -0.3 is 10.5 Å². The van der Waals surface area contributed by atoms with Gasteiger partial charge in [0, 0.05) is 19.2 Å².